The minimum atomic E-state index is -2.41. The molecular formula is C29H37FN2O14. The summed E-state index contributed by atoms with van der Waals surface area (Å²) < 4.78 is 28.4. The van der Waals surface area contributed by atoms with Crippen LogP contribution in [0.25, 0.3) is 0 Å². The molecule has 46 heavy (non-hydrogen) atoms. The van der Waals surface area contributed by atoms with E-state index in [0.717, 1.165) is 0 Å². The van der Waals surface area contributed by atoms with E-state index < -0.39 is 107 Å². The number of ether oxygens (including phenoxy) is 2. The highest BCUT2D eigenvalue weighted by Gasteiger charge is 2.78. The number of nitrogens with zero attached hydrogens (tertiary/aromatic N) is 2. The number of Topliss-reactive ketones (excluding diaryl/α,β-unsaturated/α-hetero) is 1. The number of fused-ring (bicyclic) bond motifs is 5. The standard InChI is InChI=1S/C29H37FN2O14/c1-26-10-9-18(33)13-17(26)7-8-19-20-14-21(34)29(27(20,2)15-22(35)28(19,26)30,46-25(38)6-4-12-45-32(41)42)23(36)16-43-24(37)5-3-11-44-31(39)40/h9-10,13,19-22,34-35H,3-8,11-12,14-16H2,1-2H3/t19?,20?,21-,22+,26+,27+,28+,29+/m1/s1. The Morgan fingerprint density at radius 1 is 1.00 bits per heavy atom. The number of allylic oxidation sites excluding steroid dienone is 4. The second kappa shape index (κ2) is 13.0. The number of hydrogen-bond donors (Lipinski definition) is 2. The second-order valence-electron chi connectivity index (χ2n) is 12.6. The van der Waals surface area contributed by atoms with Gasteiger partial charge in [0.2, 0.25) is 11.4 Å². The smallest absolute Gasteiger partial charge is 0.306 e. The molecule has 4 aliphatic carbocycles. The van der Waals surface area contributed by atoms with Crippen LogP contribution in [0.15, 0.2) is 23.8 Å². The van der Waals surface area contributed by atoms with Gasteiger partial charge in [-0.05, 0) is 63.5 Å². The molecule has 16 nitrogen and oxygen atoms in total. The Kier molecular flexibility index (Phi) is 9.87. The van der Waals surface area contributed by atoms with E-state index in [4.69, 9.17) is 9.47 Å². The predicted octanol–water partition coefficient (Wildman–Crippen LogP) is 1.70. The summed E-state index contributed by atoms with van der Waals surface area (Å²) in [4.78, 5) is 80.7. The molecule has 0 spiro atoms. The number of hydrogen-bond acceptors (Lipinski definition) is 14. The van der Waals surface area contributed by atoms with Crippen molar-refractivity contribution in [3.05, 3.63) is 44.0 Å². The molecule has 3 fully saturated rings. The Morgan fingerprint density at radius 3 is 2.22 bits per heavy atom. The van der Waals surface area contributed by atoms with Gasteiger partial charge >= 0.3 is 11.9 Å². The van der Waals surface area contributed by atoms with Crippen LogP contribution in [0.4, 0.5) is 4.39 Å². The van der Waals surface area contributed by atoms with Crippen LogP contribution >= 0.6 is 0 Å². The van der Waals surface area contributed by atoms with Gasteiger partial charge in [-0.2, -0.15) is 0 Å². The minimum Gasteiger partial charge on any atom is -0.457 e. The molecule has 0 aliphatic heterocycles. The number of halogens is 1. The maximum absolute atomic E-state index is 17.5. The van der Waals surface area contributed by atoms with Crippen LogP contribution < -0.4 is 0 Å². The van der Waals surface area contributed by atoms with Crippen LogP contribution in [0.3, 0.4) is 0 Å². The van der Waals surface area contributed by atoms with Gasteiger partial charge in [-0.1, -0.05) is 18.6 Å². The average Bonchev–Trinajstić information content (AvgIpc) is 3.19. The first-order valence-electron chi connectivity index (χ1n) is 15.0. The lowest BCUT2D eigenvalue weighted by Gasteiger charge is -2.62. The zero-order chi connectivity index (χ0) is 34.1. The van der Waals surface area contributed by atoms with E-state index in [-0.39, 0.29) is 37.9 Å². The Bertz CT molecular complexity index is 1350. The summed E-state index contributed by atoms with van der Waals surface area (Å²) >= 11 is 0. The van der Waals surface area contributed by atoms with Gasteiger partial charge in [0, 0.05) is 29.6 Å². The SMILES string of the molecule is C[C@]12C=CC(=O)C=C1CCC1C3C[C@@H](O)[C@](OC(=O)CCCO[N+](=O)[O-])(C(=O)COC(=O)CCCO[N+](=O)[O-])[C@@]3(C)C[C@H](O)[C@@]12F. The molecule has 0 aromatic rings. The van der Waals surface area contributed by atoms with Gasteiger partial charge in [-0.3, -0.25) is 19.2 Å². The molecule has 2 N–H and O–H groups in total. The summed E-state index contributed by atoms with van der Waals surface area (Å²) in [6, 6.07) is 0. The van der Waals surface area contributed by atoms with E-state index in [1.807, 2.05) is 0 Å². The molecule has 4 aliphatic rings. The quantitative estimate of drug-likeness (QED) is 0.117. The van der Waals surface area contributed by atoms with Gasteiger partial charge in [0.05, 0.1) is 19.3 Å². The maximum atomic E-state index is 17.5. The molecule has 17 heteroatoms. The molecular weight excluding hydrogens is 619 g/mol. The lowest BCUT2D eigenvalue weighted by Crippen LogP contribution is -2.70. The highest BCUT2D eigenvalue weighted by Crippen LogP contribution is 2.70. The van der Waals surface area contributed by atoms with Gasteiger partial charge in [0.25, 0.3) is 10.2 Å². The number of carbonyl (C=O) groups excluding carboxylic acids is 4. The average molecular weight is 657 g/mol. The van der Waals surface area contributed by atoms with Crippen molar-refractivity contribution in [1.82, 2.24) is 0 Å². The summed E-state index contributed by atoms with van der Waals surface area (Å²) in [6.45, 7) is 1.25. The van der Waals surface area contributed by atoms with Crippen molar-refractivity contribution in [2.24, 2.45) is 22.7 Å². The highest BCUT2D eigenvalue weighted by atomic mass is 19.1. The van der Waals surface area contributed by atoms with Crippen LogP contribution in [0.2, 0.25) is 0 Å². The monoisotopic (exact) mass is 656 g/mol. The van der Waals surface area contributed by atoms with Crippen LogP contribution in [0.5, 0.6) is 0 Å². The molecule has 0 aromatic heterocycles. The molecule has 0 amide bonds. The van der Waals surface area contributed by atoms with E-state index in [2.05, 4.69) is 9.68 Å². The topological polar surface area (TPSA) is 232 Å². The number of aliphatic hydroxyl groups excluding tert-OH is 2. The molecule has 2 unspecified atom stereocenters. The van der Waals surface area contributed by atoms with E-state index in [9.17, 15) is 49.6 Å². The van der Waals surface area contributed by atoms with Crippen molar-refractivity contribution in [3.8, 4) is 0 Å². The Labute approximate surface area is 262 Å². The van der Waals surface area contributed by atoms with Crippen LogP contribution in [-0.2, 0) is 38.3 Å². The molecule has 4 rings (SSSR count). The Hall–Kier alpha value is -3.99. The van der Waals surface area contributed by atoms with Gasteiger partial charge in [-0.15, -0.1) is 20.2 Å². The Balaban J connectivity index is 1.64. The zero-order valence-corrected chi connectivity index (χ0v) is 25.4. The Morgan fingerprint density at radius 2 is 1.61 bits per heavy atom. The largest absolute Gasteiger partial charge is 0.457 e. The zero-order valence-electron chi connectivity index (χ0n) is 25.4. The fourth-order valence-corrected chi connectivity index (χ4v) is 8.22. The van der Waals surface area contributed by atoms with Crippen LogP contribution in [-0.4, -0.2) is 87.2 Å². The number of rotatable bonds is 14. The molecule has 0 radical (unpaired) electrons. The van der Waals surface area contributed by atoms with Gasteiger partial charge in [0.1, 0.15) is 6.10 Å². The maximum Gasteiger partial charge on any atom is 0.306 e. The molecule has 0 heterocycles. The fourth-order valence-electron chi connectivity index (χ4n) is 8.22. The fraction of sp³-hybridized carbons (Fsp3) is 0.724. The molecule has 0 aromatic carbocycles. The predicted molar refractivity (Wildman–Crippen MR) is 149 cm³/mol. The van der Waals surface area contributed by atoms with Crippen LogP contribution in [0, 0.1) is 42.9 Å². The molecule has 254 valence electrons. The first-order chi connectivity index (χ1) is 21.5. The number of carbonyl (C=O) groups is 4. The normalized spacial score (nSPS) is 35.9. The third-order valence-electron chi connectivity index (χ3n) is 10.3. The summed E-state index contributed by atoms with van der Waals surface area (Å²) in [6.07, 6.45) is -0.755. The summed E-state index contributed by atoms with van der Waals surface area (Å²) in [5.74, 6) is -5.09. The number of esters is 2. The third kappa shape index (κ3) is 5.85. The molecule has 0 bridgehead atoms. The molecule has 8 atom stereocenters. The molecule has 3 saturated carbocycles. The second-order valence-corrected chi connectivity index (χ2v) is 12.6. The third-order valence-corrected chi connectivity index (χ3v) is 10.3. The van der Waals surface area contributed by atoms with Crippen molar-refractivity contribution in [2.75, 3.05) is 19.8 Å². The lowest BCUT2D eigenvalue weighted by atomic mass is 9.44. The number of alkyl halides is 1. The number of aliphatic hydroxyl groups is 2. The first-order valence-corrected chi connectivity index (χ1v) is 15.0. The van der Waals surface area contributed by atoms with E-state index in [1.165, 1.54) is 25.2 Å². The highest BCUT2D eigenvalue weighted by molar-refractivity contribution is 6.01. The van der Waals surface area contributed by atoms with E-state index >= 15 is 4.39 Å². The van der Waals surface area contributed by atoms with Gasteiger partial charge < -0.3 is 29.4 Å². The minimum absolute atomic E-state index is 0.107. The summed E-state index contributed by atoms with van der Waals surface area (Å²) in [7, 11) is 0. The van der Waals surface area contributed by atoms with Crippen LogP contribution in [0.1, 0.15) is 65.2 Å². The summed E-state index contributed by atoms with van der Waals surface area (Å²) in [5.41, 5.74) is -7.16. The van der Waals surface area contributed by atoms with E-state index in [1.54, 1.807) is 6.92 Å². The number of ketones is 2. The van der Waals surface area contributed by atoms with Crippen molar-refractivity contribution < 1.29 is 63.1 Å². The molecule has 0 saturated heterocycles. The van der Waals surface area contributed by atoms with Gasteiger partial charge in [-0.25, -0.2) is 4.39 Å². The summed E-state index contributed by atoms with van der Waals surface area (Å²) in [5, 5.41) is 41.9. The van der Waals surface area contributed by atoms with E-state index in [0.29, 0.717) is 12.0 Å². The van der Waals surface area contributed by atoms with Gasteiger partial charge in [0.15, 0.2) is 18.1 Å². The van der Waals surface area contributed by atoms with Crippen molar-refractivity contribution in [1.29, 1.82) is 0 Å². The first kappa shape index (κ1) is 34.9. The van der Waals surface area contributed by atoms with Crippen molar-refractivity contribution >= 4 is 23.5 Å². The van der Waals surface area contributed by atoms with Crippen molar-refractivity contribution in [2.45, 2.75) is 88.7 Å². The van der Waals surface area contributed by atoms with Crippen molar-refractivity contribution in [3.63, 3.8) is 0 Å². The lowest BCUT2D eigenvalue weighted by molar-refractivity contribution is -0.757.